The molecule has 2 N–H and O–H groups in total. The molecule has 100 valence electrons. The molecule has 0 aliphatic carbocycles. The van der Waals surface area contributed by atoms with Gasteiger partial charge in [-0.1, -0.05) is 26.8 Å². The third-order valence-electron chi connectivity index (χ3n) is 2.70. The van der Waals surface area contributed by atoms with E-state index < -0.39 is 0 Å². The lowest BCUT2D eigenvalue weighted by molar-refractivity contribution is 0.564. The van der Waals surface area contributed by atoms with Gasteiger partial charge in [-0.05, 0) is 41.6 Å². The van der Waals surface area contributed by atoms with Crippen LogP contribution in [0.2, 0.25) is 0 Å². The highest BCUT2D eigenvalue weighted by molar-refractivity contribution is 14.1. The molecule has 0 fully saturated rings. The summed E-state index contributed by atoms with van der Waals surface area (Å²) in [5.74, 6) is 1.10. The van der Waals surface area contributed by atoms with Crippen LogP contribution in [-0.4, -0.2) is 15.0 Å². The maximum absolute atomic E-state index is 6.01. The van der Waals surface area contributed by atoms with Gasteiger partial charge in [-0.2, -0.15) is 0 Å². The monoisotopic (exact) mass is 368 g/mol. The highest BCUT2D eigenvalue weighted by Gasteiger charge is 2.22. The third kappa shape index (κ3) is 3.02. The number of rotatable bonds is 1. The number of aryl methyl sites for hydroxylation is 1. The zero-order valence-corrected chi connectivity index (χ0v) is 13.7. The Morgan fingerprint density at radius 3 is 2.37 bits per heavy atom. The Morgan fingerprint density at radius 1 is 1.11 bits per heavy atom. The van der Waals surface area contributed by atoms with Crippen molar-refractivity contribution in [3.63, 3.8) is 0 Å². The highest BCUT2D eigenvalue weighted by atomic mass is 127. The molecule has 2 heterocycles. The van der Waals surface area contributed by atoms with Gasteiger partial charge in [0.25, 0.3) is 0 Å². The summed E-state index contributed by atoms with van der Waals surface area (Å²) in [7, 11) is 0. The molecule has 2 aromatic rings. The minimum atomic E-state index is -0.0772. The fourth-order valence-electron chi connectivity index (χ4n) is 1.74. The van der Waals surface area contributed by atoms with Crippen molar-refractivity contribution < 1.29 is 0 Å². The van der Waals surface area contributed by atoms with Crippen molar-refractivity contribution in [3.05, 3.63) is 33.2 Å². The molecule has 0 atom stereocenters. The van der Waals surface area contributed by atoms with E-state index in [4.69, 9.17) is 5.73 Å². The molecular formula is C14H17IN4. The van der Waals surface area contributed by atoms with E-state index in [-0.39, 0.29) is 5.41 Å². The predicted molar refractivity (Wildman–Crippen MR) is 85.8 cm³/mol. The van der Waals surface area contributed by atoms with Crippen LogP contribution >= 0.6 is 22.6 Å². The predicted octanol–water partition coefficient (Wildman–Crippen LogP) is 3.33. The second kappa shape index (κ2) is 5.03. The molecule has 0 aliphatic rings. The van der Waals surface area contributed by atoms with Gasteiger partial charge in [0.15, 0.2) is 5.82 Å². The van der Waals surface area contributed by atoms with E-state index in [1.54, 1.807) is 0 Å². The lowest BCUT2D eigenvalue weighted by Gasteiger charge is -2.20. The van der Waals surface area contributed by atoms with Crippen LogP contribution in [0.3, 0.4) is 0 Å². The molecule has 0 aromatic carbocycles. The first-order valence-electron chi connectivity index (χ1n) is 6.06. The van der Waals surface area contributed by atoms with E-state index >= 15 is 0 Å². The SMILES string of the molecule is Cc1cccc(-c2nc(N)c(I)c(C(C)(C)C)n2)n1. The van der Waals surface area contributed by atoms with Crippen LogP contribution in [0.4, 0.5) is 5.82 Å². The van der Waals surface area contributed by atoms with Crippen LogP contribution in [0.15, 0.2) is 18.2 Å². The molecule has 0 saturated carbocycles. The normalized spacial score (nSPS) is 11.6. The molecule has 0 amide bonds. The summed E-state index contributed by atoms with van der Waals surface area (Å²) < 4.78 is 0.918. The third-order valence-corrected chi connectivity index (χ3v) is 3.77. The Bertz CT molecular complexity index is 617. The standard InChI is InChI=1S/C14H17IN4/c1-8-6-5-7-9(17-8)13-18-11(14(2,3)4)10(15)12(16)19-13/h5-7H,1-4H3,(H2,16,18,19). The smallest absolute Gasteiger partial charge is 0.180 e. The van der Waals surface area contributed by atoms with Gasteiger partial charge < -0.3 is 5.73 Å². The van der Waals surface area contributed by atoms with Crippen LogP contribution in [0.1, 0.15) is 32.2 Å². The van der Waals surface area contributed by atoms with Crippen molar-refractivity contribution in [2.24, 2.45) is 0 Å². The van der Waals surface area contributed by atoms with Gasteiger partial charge in [0.1, 0.15) is 11.5 Å². The lowest BCUT2D eigenvalue weighted by Crippen LogP contribution is -2.18. The van der Waals surface area contributed by atoms with Crippen molar-refractivity contribution in [2.45, 2.75) is 33.1 Å². The molecule has 0 saturated heterocycles. The first-order chi connectivity index (χ1) is 8.79. The van der Waals surface area contributed by atoms with Gasteiger partial charge in [-0.3, -0.25) is 0 Å². The van der Waals surface area contributed by atoms with Crippen molar-refractivity contribution in [1.29, 1.82) is 0 Å². The van der Waals surface area contributed by atoms with Crippen molar-refractivity contribution in [2.75, 3.05) is 5.73 Å². The molecule has 0 spiro atoms. The average molecular weight is 368 g/mol. The van der Waals surface area contributed by atoms with E-state index in [0.717, 1.165) is 20.7 Å². The molecule has 2 rings (SSSR count). The van der Waals surface area contributed by atoms with E-state index in [9.17, 15) is 0 Å². The molecule has 0 unspecified atom stereocenters. The zero-order chi connectivity index (χ0) is 14.2. The quantitative estimate of drug-likeness (QED) is 0.785. The summed E-state index contributed by atoms with van der Waals surface area (Å²) in [6.45, 7) is 8.30. The molecule has 0 radical (unpaired) electrons. The summed E-state index contributed by atoms with van der Waals surface area (Å²) >= 11 is 2.20. The summed E-state index contributed by atoms with van der Waals surface area (Å²) in [5.41, 5.74) is 8.59. The van der Waals surface area contributed by atoms with Gasteiger partial charge in [-0.25, -0.2) is 15.0 Å². The highest BCUT2D eigenvalue weighted by Crippen LogP contribution is 2.29. The first-order valence-corrected chi connectivity index (χ1v) is 7.14. The topological polar surface area (TPSA) is 64.7 Å². The van der Waals surface area contributed by atoms with Gasteiger partial charge in [-0.15, -0.1) is 0 Å². The average Bonchev–Trinajstić information content (AvgIpc) is 2.31. The molecule has 0 bridgehead atoms. The molecule has 4 nitrogen and oxygen atoms in total. The van der Waals surface area contributed by atoms with Crippen LogP contribution in [0.25, 0.3) is 11.5 Å². The summed E-state index contributed by atoms with van der Waals surface area (Å²) in [5, 5.41) is 0. The Labute approximate surface area is 127 Å². The summed E-state index contributed by atoms with van der Waals surface area (Å²) in [6.07, 6.45) is 0. The molecular weight excluding hydrogens is 351 g/mol. The maximum atomic E-state index is 6.01. The second-order valence-corrected chi connectivity index (χ2v) is 6.59. The largest absolute Gasteiger partial charge is 0.383 e. The van der Waals surface area contributed by atoms with Crippen molar-refractivity contribution in [1.82, 2.24) is 15.0 Å². The zero-order valence-electron chi connectivity index (χ0n) is 11.5. The number of aromatic nitrogens is 3. The van der Waals surface area contributed by atoms with Crippen LogP contribution in [-0.2, 0) is 5.41 Å². The number of nitrogen functional groups attached to an aromatic ring is 1. The van der Waals surface area contributed by atoms with Crippen LogP contribution < -0.4 is 5.73 Å². The summed E-state index contributed by atoms with van der Waals surface area (Å²) in [4.78, 5) is 13.5. The lowest BCUT2D eigenvalue weighted by atomic mass is 9.92. The summed E-state index contributed by atoms with van der Waals surface area (Å²) in [6, 6.07) is 5.80. The minimum Gasteiger partial charge on any atom is -0.383 e. The number of pyridine rings is 1. The number of nitrogens with two attached hydrogens (primary N) is 1. The van der Waals surface area contributed by atoms with E-state index in [1.165, 1.54) is 0 Å². The van der Waals surface area contributed by atoms with E-state index in [1.807, 2.05) is 25.1 Å². The second-order valence-electron chi connectivity index (χ2n) is 5.51. The van der Waals surface area contributed by atoms with Gasteiger partial charge in [0.05, 0.1) is 9.26 Å². The molecule has 19 heavy (non-hydrogen) atoms. The van der Waals surface area contributed by atoms with Crippen LogP contribution in [0.5, 0.6) is 0 Å². The Balaban J connectivity index is 2.63. The van der Waals surface area contributed by atoms with E-state index in [2.05, 4.69) is 58.3 Å². The first kappa shape index (κ1) is 14.2. The van der Waals surface area contributed by atoms with Gasteiger partial charge in [0, 0.05) is 11.1 Å². The Hall–Kier alpha value is -1.24. The van der Waals surface area contributed by atoms with E-state index in [0.29, 0.717) is 11.6 Å². The van der Waals surface area contributed by atoms with Crippen LogP contribution in [0, 0.1) is 10.5 Å². The number of halogens is 1. The fraction of sp³-hybridized carbons (Fsp3) is 0.357. The number of anilines is 1. The number of hydrogen-bond donors (Lipinski definition) is 1. The Kier molecular flexibility index (Phi) is 3.75. The fourth-order valence-corrected chi connectivity index (χ4v) is 2.79. The van der Waals surface area contributed by atoms with Gasteiger partial charge in [0.2, 0.25) is 0 Å². The van der Waals surface area contributed by atoms with Crippen molar-refractivity contribution >= 4 is 28.4 Å². The number of hydrogen-bond acceptors (Lipinski definition) is 4. The molecule has 5 heteroatoms. The van der Waals surface area contributed by atoms with Crippen molar-refractivity contribution in [3.8, 4) is 11.5 Å². The molecule has 2 aromatic heterocycles. The Morgan fingerprint density at radius 2 is 1.79 bits per heavy atom. The number of nitrogens with zero attached hydrogens (tertiary/aromatic N) is 3. The van der Waals surface area contributed by atoms with Gasteiger partial charge >= 0.3 is 0 Å². The molecule has 0 aliphatic heterocycles. The maximum Gasteiger partial charge on any atom is 0.180 e. The minimum absolute atomic E-state index is 0.0772.